The van der Waals surface area contributed by atoms with E-state index in [0.29, 0.717) is 0 Å². The summed E-state index contributed by atoms with van der Waals surface area (Å²) in [4.78, 5) is 40.3. The fourth-order valence-corrected chi connectivity index (χ4v) is 6.23. The van der Waals surface area contributed by atoms with Gasteiger partial charge in [0, 0.05) is 35.6 Å². The first-order chi connectivity index (χ1) is 18.5. The summed E-state index contributed by atoms with van der Waals surface area (Å²) in [6.45, 7) is 10.1. The highest BCUT2D eigenvalue weighted by Crippen LogP contribution is 2.50. The van der Waals surface area contributed by atoms with E-state index in [1.165, 1.54) is 19.4 Å². The second-order valence-corrected chi connectivity index (χ2v) is 14.8. The largest absolute Gasteiger partial charge is 0.474 e. The van der Waals surface area contributed by atoms with Gasteiger partial charge >= 0.3 is 13.5 Å². The lowest BCUT2D eigenvalue weighted by Crippen LogP contribution is -2.37. The lowest BCUT2D eigenvalue weighted by molar-refractivity contribution is -0.118. The number of aliphatic hydroxyl groups excluding tert-OH is 1. The van der Waals surface area contributed by atoms with E-state index in [4.69, 9.17) is 28.8 Å². The van der Waals surface area contributed by atoms with Crippen LogP contribution in [0.4, 0.5) is 5.82 Å². The van der Waals surface area contributed by atoms with Gasteiger partial charge in [0.1, 0.15) is 24.1 Å². The van der Waals surface area contributed by atoms with Gasteiger partial charge in [-0.2, -0.15) is 4.98 Å². The Balaban J connectivity index is 2.07. The Bertz CT molecular complexity index is 1080. The second kappa shape index (κ2) is 14.7. The van der Waals surface area contributed by atoms with E-state index < -0.39 is 55.5 Å². The number of anilines is 1. The minimum Gasteiger partial charge on any atom is -0.387 e. The number of nitrogens with zero attached hydrogens (tertiary/aromatic N) is 2. The van der Waals surface area contributed by atoms with Crippen molar-refractivity contribution < 1.29 is 42.3 Å². The van der Waals surface area contributed by atoms with Crippen LogP contribution in [0.2, 0.25) is 0 Å². The van der Waals surface area contributed by atoms with Gasteiger partial charge in [-0.1, -0.05) is 65.1 Å². The number of rotatable bonds is 13. The van der Waals surface area contributed by atoms with Gasteiger partial charge in [0.05, 0.1) is 19.8 Å². The van der Waals surface area contributed by atoms with E-state index >= 15 is 0 Å². The molecule has 0 aliphatic carbocycles. The second-order valence-electron chi connectivity index (χ2n) is 11.0. The van der Waals surface area contributed by atoms with Crippen LogP contribution < -0.4 is 11.4 Å². The Morgan fingerprint density at radius 3 is 2.05 bits per heavy atom. The van der Waals surface area contributed by atoms with Crippen molar-refractivity contribution in [2.45, 2.75) is 66.1 Å². The number of hydrogen-bond acceptors (Lipinski definition) is 14. The van der Waals surface area contributed by atoms with E-state index in [1.807, 2.05) is 0 Å². The lowest BCUT2D eigenvalue weighted by atomic mass is 9.99. The first kappa shape index (κ1) is 34.9. The van der Waals surface area contributed by atoms with Gasteiger partial charge in [-0.15, -0.1) is 0 Å². The number of nitrogen functional groups attached to an aromatic ring is 1. The Morgan fingerprint density at radius 2 is 1.60 bits per heavy atom. The van der Waals surface area contributed by atoms with Gasteiger partial charge in [-0.3, -0.25) is 27.7 Å². The molecular weight excluding hydrogens is 585 g/mol. The SMILES string of the molecule is COC1C(O)C(COP(=O)(OCCSC(=O)C(C)(C)C)OCCSC(=O)C(C)(C)C)OC1n1ccc(N)nc1=O. The van der Waals surface area contributed by atoms with Gasteiger partial charge in [0.25, 0.3) is 0 Å². The zero-order chi connectivity index (χ0) is 30.3. The summed E-state index contributed by atoms with van der Waals surface area (Å²) >= 11 is 2.07. The lowest BCUT2D eigenvalue weighted by Gasteiger charge is -2.22. The summed E-state index contributed by atoms with van der Waals surface area (Å²) < 4.78 is 42.2. The molecule has 40 heavy (non-hydrogen) atoms. The van der Waals surface area contributed by atoms with Gasteiger partial charge in [-0.05, 0) is 6.07 Å². The molecule has 1 aromatic rings. The molecule has 4 unspecified atom stereocenters. The summed E-state index contributed by atoms with van der Waals surface area (Å²) in [5.74, 6) is 0.426. The Hall–Kier alpha value is -1.29. The summed E-state index contributed by atoms with van der Waals surface area (Å²) in [6, 6.07) is 1.40. The molecule has 0 bridgehead atoms. The van der Waals surface area contributed by atoms with Crippen molar-refractivity contribution in [2.75, 3.05) is 44.2 Å². The molecule has 0 amide bonds. The number of ether oxygens (including phenoxy) is 2. The van der Waals surface area contributed by atoms with Crippen LogP contribution >= 0.6 is 31.3 Å². The Kier molecular flexibility index (Phi) is 12.9. The number of carbonyl (C=O) groups is 2. The molecule has 0 saturated carbocycles. The van der Waals surface area contributed by atoms with Crippen LogP contribution in [-0.4, -0.2) is 81.6 Å². The molecular formula is C24H40N3O10PS2. The van der Waals surface area contributed by atoms with Crippen LogP contribution in [-0.2, 0) is 37.2 Å². The Labute approximate surface area is 242 Å². The number of nitrogens with two attached hydrogens (primary N) is 1. The van der Waals surface area contributed by atoms with Crippen LogP contribution in [0.1, 0.15) is 47.8 Å². The monoisotopic (exact) mass is 625 g/mol. The Morgan fingerprint density at radius 1 is 1.07 bits per heavy atom. The van der Waals surface area contributed by atoms with Crippen molar-refractivity contribution >= 4 is 47.4 Å². The van der Waals surface area contributed by atoms with Crippen LogP contribution in [0.15, 0.2) is 17.1 Å². The first-order valence-corrected chi connectivity index (χ1v) is 16.0. The summed E-state index contributed by atoms with van der Waals surface area (Å²) in [6.07, 6.45) is -3.02. The summed E-state index contributed by atoms with van der Waals surface area (Å²) in [7, 11) is -2.87. The number of aromatic nitrogens is 2. The van der Waals surface area contributed by atoms with E-state index in [9.17, 15) is 24.1 Å². The number of phosphoric acid groups is 1. The number of hydrogen-bond donors (Lipinski definition) is 2. The molecule has 1 saturated heterocycles. The smallest absolute Gasteiger partial charge is 0.387 e. The summed E-state index contributed by atoms with van der Waals surface area (Å²) in [5, 5.41) is 10.7. The molecule has 228 valence electrons. The van der Waals surface area contributed by atoms with Crippen molar-refractivity contribution in [3.05, 3.63) is 22.7 Å². The average molecular weight is 626 g/mol. The van der Waals surface area contributed by atoms with Gasteiger partial charge in [0.15, 0.2) is 16.5 Å². The molecule has 16 heteroatoms. The summed E-state index contributed by atoms with van der Waals surface area (Å²) in [5.41, 5.74) is 3.75. The highest BCUT2D eigenvalue weighted by molar-refractivity contribution is 8.14. The van der Waals surface area contributed by atoms with Crippen LogP contribution in [0, 0.1) is 10.8 Å². The normalized spacial score (nSPS) is 22.0. The van der Waals surface area contributed by atoms with E-state index in [-0.39, 0.29) is 40.8 Å². The molecule has 1 aromatic heterocycles. The quantitative estimate of drug-likeness (QED) is 0.241. The predicted molar refractivity (Wildman–Crippen MR) is 153 cm³/mol. The maximum absolute atomic E-state index is 13.5. The standard InChI is InChI=1S/C24H40N3O10PS2/c1-23(2,3)20(29)39-12-10-34-38(32,35-11-13-40-21(30)24(4,5)6)36-14-15-17(28)18(33-7)19(37-15)27-9-8-16(25)26-22(27)31/h8-9,15,17-19,28H,10-14H2,1-7H3,(H2,25,26,31). The molecule has 3 N–H and O–H groups in total. The number of carbonyl (C=O) groups excluding carboxylic acids is 2. The molecule has 1 aliphatic heterocycles. The first-order valence-electron chi connectivity index (χ1n) is 12.6. The number of phosphoric ester groups is 1. The molecule has 2 rings (SSSR count). The third kappa shape index (κ3) is 10.2. The molecule has 0 aromatic carbocycles. The van der Waals surface area contributed by atoms with Gasteiger partial charge in [-0.25, -0.2) is 9.36 Å². The van der Waals surface area contributed by atoms with Crippen LogP contribution in [0.5, 0.6) is 0 Å². The third-order valence-corrected chi connectivity index (χ3v) is 9.42. The van der Waals surface area contributed by atoms with Crippen molar-refractivity contribution in [2.24, 2.45) is 10.8 Å². The van der Waals surface area contributed by atoms with E-state index in [0.717, 1.165) is 28.1 Å². The molecule has 1 fully saturated rings. The van der Waals surface area contributed by atoms with Crippen molar-refractivity contribution in [1.29, 1.82) is 0 Å². The predicted octanol–water partition coefficient (Wildman–Crippen LogP) is 2.87. The number of methoxy groups -OCH3 is 1. The maximum atomic E-state index is 13.5. The van der Waals surface area contributed by atoms with Crippen LogP contribution in [0.25, 0.3) is 0 Å². The molecule has 4 atom stereocenters. The van der Waals surface area contributed by atoms with Crippen molar-refractivity contribution in [3.8, 4) is 0 Å². The molecule has 1 aliphatic rings. The topological polar surface area (TPSA) is 178 Å². The van der Waals surface area contributed by atoms with Crippen molar-refractivity contribution in [3.63, 3.8) is 0 Å². The highest BCUT2D eigenvalue weighted by Gasteiger charge is 2.46. The maximum Gasteiger partial charge on any atom is 0.474 e. The minimum atomic E-state index is -4.21. The third-order valence-electron chi connectivity index (χ3n) is 5.46. The van der Waals surface area contributed by atoms with E-state index in [1.54, 1.807) is 41.5 Å². The van der Waals surface area contributed by atoms with Gasteiger partial charge < -0.3 is 20.3 Å². The minimum absolute atomic E-state index is 0.0219. The highest BCUT2D eigenvalue weighted by atomic mass is 32.2. The zero-order valence-corrected chi connectivity index (χ0v) is 26.4. The molecule has 0 spiro atoms. The van der Waals surface area contributed by atoms with Gasteiger partial charge in [0.2, 0.25) is 0 Å². The average Bonchev–Trinajstić information content (AvgIpc) is 3.16. The fraction of sp³-hybridized carbons (Fsp3) is 0.750. The zero-order valence-electron chi connectivity index (χ0n) is 23.9. The fourth-order valence-electron chi connectivity index (χ4n) is 3.23. The van der Waals surface area contributed by atoms with E-state index in [2.05, 4.69) is 4.98 Å². The molecule has 13 nitrogen and oxygen atoms in total. The number of aliphatic hydroxyl groups is 1. The van der Waals surface area contributed by atoms with Crippen molar-refractivity contribution in [1.82, 2.24) is 9.55 Å². The molecule has 2 heterocycles. The van der Waals surface area contributed by atoms with Crippen LogP contribution in [0.3, 0.4) is 0 Å². The molecule has 0 radical (unpaired) electrons. The number of thioether (sulfide) groups is 2.